The van der Waals surface area contributed by atoms with Crippen LogP contribution in [0.25, 0.3) is 0 Å². The van der Waals surface area contributed by atoms with Gasteiger partial charge in [0.05, 0.1) is 10.6 Å². The molecule has 5 nitrogen and oxygen atoms in total. The zero-order valence-electron chi connectivity index (χ0n) is 17.8. The highest BCUT2D eigenvalue weighted by atomic mass is 32.2. The van der Waals surface area contributed by atoms with Gasteiger partial charge in [0, 0.05) is 17.1 Å². The Kier molecular flexibility index (Phi) is 7.41. The summed E-state index contributed by atoms with van der Waals surface area (Å²) in [4.78, 5) is 12.4. The van der Waals surface area contributed by atoms with Crippen LogP contribution in [0.1, 0.15) is 22.3 Å². The Balaban J connectivity index is 1.54. The van der Waals surface area contributed by atoms with E-state index in [1.807, 2.05) is 13.0 Å². The highest BCUT2D eigenvalue weighted by Gasteiger charge is 2.14. The largest absolute Gasteiger partial charge is 0.325 e. The van der Waals surface area contributed by atoms with Crippen molar-refractivity contribution in [2.45, 2.75) is 31.4 Å². The molecule has 3 aromatic carbocycles. The SMILES string of the molecule is Cc1cc(C)cc(CSCC(=O)Nc2ccc(S(=O)(=O)Nc3cccc(C)c3)cc2)c1. The smallest absolute Gasteiger partial charge is 0.261 e. The van der Waals surface area contributed by atoms with E-state index in [9.17, 15) is 13.2 Å². The van der Waals surface area contributed by atoms with E-state index < -0.39 is 10.0 Å². The minimum Gasteiger partial charge on any atom is -0.325 e. The number of aryl methyl sites for hydroxylation is 3. The van der Waals surface area contributed by atoms with E-state index in [1.165, 1.54) is 28.8 Å². The molecule has 0 saturated heterocycles. The molecule has 0 heterocycles. The molecule has 7 heteroatoms. The number of sulfonamides is 1. The zero-order chi connectivity index (χ0) is 22.4. The minimum absolute atomic E-state index is 0.122. The fourth-order valence-electron chi connectivity index (χ4n) is 3.25. The Hall–Kier alpha value is -2.77. The molecule has 0 fully saturated rings. The topological polar surface area (TPSA) is 75.3 Å². The number of thioether (sulfide) groups is 1. The molecule has 31 heavy (non-hydrogen) atoms. The van der Waals surface area contributed by atoms with Crippen molar-refractivity contribution in [2.24, 2.45) is 0 Å². The van der Waals surface area contributed by atoms with Crippen LogP contribution in [0.3, 0.4) is 0 Å². The number of benzene rings is 3. The van der Waals surface area contributed by atoms with Gasteiger partial charge in [-0.1, -0.05) is 41.5 Å². The van der Waals surface area contributed by atoms with Crippen molar-refractivity contribution in [3.05, 3.63) is 89.0 Å². The molecule has 0 bridgehead atoms. The molecule has 0 aromatic heterocycles. The van der Waals surface area contributed by atoms with Gasteiger partial charge in [0.1, 0.15) is 0 Å². The van der Waals surface area contributed by atoms with E-state index >= 15 is 0 Å². The molecule has 0 unspecified atom stereocenters. The molecule has 2 N–H and O–H groups in total. The lowest BCUT2D eigenvalue weighted by molar-refractivity contribution is -0.113. The molecular weight excluding hydrogens is 428 g/mol. The van der Waals surface area contributed by atoms with Gasteiger partial charge in [-0.15, -0.1) is 11.8 Å². The molecule has 0 radical (unpaired) electrons. The number of anilines is 2. The van der Waals surface area contributed by atoms with Gasteiger partial charge in [-0.2, -0.15) is 0 Å². The minimum atomic E-state index is -3.69. The van der Waals surface area contributed by atoms with Crippen molar-refractivity contribution in [1.29, 1.82) is 0 Å². The first-order valence-corrected chi connectivity index (χ1v) is 12.5. The first kappa shape index (κ1) is 22.9. The molecule has 0 aliphatic carbocycles. The lowest BCUT2D eigenvalue weighted by Crippen LogP contribution is -2.15. The van der Waals surface area contributed by atoms with E-state index in [4.69, 9.17) is 0 Å². The van der Waals surface area contributed by atoms with Crippen LogP contribution in [0.2, 0.25) is 0 Å². The summed E-state index contributed by atoms with van der Waals surface area (Å²) in [5, 5.41) is 2.81. The van der Waals surface area contributed by atoms with E-state index in [2.05, 4.69) is 42.1 Å². The summed E-state index contributed by atoms with van der Waals surface area (Å²) in [7, 11) is -3.69. The third-order valence-electron chi connectivity index (χ3n) is 4.50. The van der Waals surface area contributed by atoms with Gasteiger partial charge in [-0.3, -0.25) is 9.52 Å². The zero-order valence-corrected chi connectivity index (χ0v) is 19.4. The van der Waals surface area contributed by atoms with Crippen LogP contribution in [0.4, 0.5) is 11.4 Å². The number of carbonyl (C=O) groups is 1. The first-order chi connectivity index (χ1) is 14.7. The van der Waals surface area contributed by atoms with Crippen LogP contribution in [0.5, 0.6) is 0 Å². The Bertz CT molecular complexity index is 1150. The Morgan fingerprint density at radius 1 is 0.839 bits per heavy atom. The molecular formula is C24H26N2O3S2. The van der Waals surface area contributed by atoms with Crippen molar-refractivity contribution in [3.8, 4) is 0 Å². The van der Waals surface area contributed by atoms with Crippen LogP contribution in [0, 0.1) is 20.8 Å². The van der Waals surface area contributed by atoms with Crippen LogP contribution in [-0.2, 0) is 20.6 Å². The van der Waals surface area contributed by atoms with E-state index in [-0.39, 0.29) is 10.8 Å². The van der Waals surface area contributed by atoms with Crippen LogP contribution in [0.15, 0.2) is 71.6 Å². The Morgan fingerprint density at radius 2 is 1.52 bits per heavy atom. The first-order valence-electron chi connectivity index (χ1n) is 9.85. The summed E-state index contributed by atoms with van der Waals surface area (Å²) >= 11 is 1.54. The summed E-state index contributed by atoms with van der Waals surface area (Å²) in [6.07, 6.45) is 0. The lowest BCUT2D eigenvalue weighted by atomic mass is 10.1. The fraction of sp³-hybridized carbons (Fsp3) is 0.208. The number of rotatable bonds is 8. The maximum atomic E-state index is 12.6. The molecule has 0 aliphatic rings. The van der Waals surface area contributed by atoms with Gasteiger partial charge in [0.15, 0.2) is 0 Å². The maximum Gasteiger partial charge on any atom is 0.261 e. The van der Waals surface area contributed by atoms with Crippen molar-refractivity contribution < 1.29 is 13.2 Å². The summed E-state index contributed by atoms with van der Waals surface area (Å²) in [6.45, 7) is 6.03. The molecule has 3 rings (SSSR count). The summed E-state index contributed by atoms with van der Waals surface area (Å²) < 4.78 is 27.7. The van der Waals surface area contributed by atoms with Gasteiger partial charge in [-0.25, -0.2) is 8.42 Å². The number of hydrogen-bond acceptors (Lipinski definition) is 4. The second-order valence-electron chi connectivity index (χ2n) is 7.54. The predicted octanol–water partition coefficient (Wildman–Crippen LogP) is 5.28. The van der Waals surface area contributed by atoms with Crippen LogP contribution < -0.4 is 10.0 Å². The molecule has 162 valence electrons. The summed E-state index contributed by atoms with van der Waals surface area (Å²) in [5.41, 5.74) is 5.67. The molecule has 1 amide bonds. The normalized spacial score (nSPS) is 11.2. The van der Waals surface area contributed by atoms with Gasteiger partial charge < -0.3 is 5.32 Å². The monoisotopic (exact) mass is 454 g/mol. The van der Waals surface area contributed by atoms with Gasteiger partial charge in [-0.05, 0) is 68.3 Å². The van der Waals surface area contributed by atoms with Crippen LogP contribution >= 0.6 is 11.8 Å². The molecule has 0 atom stereocenters. The fourth-order valence-corrected chi connectivity index (χ4v) is 5.06. The van der Waals surface area contributed by atoms with E-state index in [0.29, 0.717) is 17.1 Å². The second kappa shape index (κ2) is 10.0. The summed E-state index contributed by atoms with van der Waals surface area (Å²) in [6, 6.07) is 19.7. The number of amides is 1. The third kappa shape index (κ3) is 6.87. The third-order valence-corrected chi connectivity index (χ3v) is 6.90. The van der Waals surface area contributed by atoms with Crippen molar-refractivity contribution in [2.75, 3.05) is 15.8 Å². The van der Waals surface area contributed by atoms with Crippen LogP contribution in [-0.4, -0.2) is 20.1 Å². The Morgan fingerprint density at radius 3 is 2.16 bits per heavy atom. The molecule has 0 aliphatic heterocycles. The quantitative estimate of drug-likeness (QED) is 0.485. The standard InChI is InChI=1S/C24H26N2O3S2/c1-17-5-4-6-22(14-17)26-31(28,29)23-9-7-21(8-10-23)25-24(27)16-30-15-20-12-18(2)11-19(3)13-20/h4-14,26H,15-16H2,1-3H3,(H,25,27). The Labute approximate surface area is 188 Å². The highest BCUT2D eigenvalue weighted by molar-refractivity contribution is 7.99. The molecule has 0 saturated carbocycles. The van der Waals surface area contributed by atoms with Gasteiger partial charge >= 0.3 is 0 Å². The predicted molar refractivity (Wildman–Crippen MR) is 129 cm³/mol. The van der Waals surface area contributed by atoms with E-state index in [0.717, 1.165) is 11.3 Å². The van der Waals surface area contributed by atoms with E-state index in [1.54, 1.807) is 42.1 Å². The average molecular weight is 455 g/mol. The van der Waals surface area contributed by atoms with Gasteiger partial charge in [0.25, 0.3) is 10.0 Å². The van der Waals surface area contributed by atoms with Crippen molar-refractivity contribution in [1.82, 2.24) is 0 Å². The number of carbonyl (C=O) groups excluding carboxylic acids is 1. The van der Waals surface area contributed by atoms with Gasteiger partial charge in [0.2, 0.25) is 5.91 Å². The molecule has 3 aromatic rings. The average Bonchev–Trinajstić information content (AvgIpc) is 2.67. The lowest BCUT2D eigenvalue weighted by Gasteiger charge is -2.10. The van der Waals surface area contributed by atoms with Crippen molar-refractivity contribution in [3.63, 3.8) is 0 Å². The maximum absolute atomic E-state index is 12.6. The highest BCUT2D eigenvalue weighted by Crippen LogP contribution is 2.20. The summed E-state index contributed by atoms with van der Waals surface area (Å²) in [5.74, 6) is 0.961. The molecule has 0 spiro atoms. The number of nitrogens with one attached hydrogen (secondary N) is 2. The second-order valence-corrected chi connectivity index (χ2v) is 10.2. The number of hydrogen-bond donors (Lipinski definition) is 2. The van der Waals surface area contributed by atoms with Crippen molar-refractivity contribution >= 4 is 39.1 Å².